The number of aryl methyl sites for hydroxylation is 2. The molecule has 0 spiro atoms. The maximum Gasteiger partial charge on any atom is 0.272 e. The second kappa shape index (κ2) is 8.53. The summed E-state index contributed by atoms with van der Waals surface area (Å²) in [6.07, 6.45) is 0. The van der Waals surface area contributed by atoms with Crippen LogP contribution in [0.25, 0.3) is 22.1 Å². The van der Waals surface area contributed by atoms with Gasteiger partial charge in [-0.3, -0.25) is 9.59 Å². The van der Waals surface area contributed by atoms with Crippen molar-refractivity contribution < 1.29 is 13.2 Å². The second-order valence-electron chi connectivity index (χ2n) is 8.03. The molecule has 10 nitrogen and oxygen atoms in total. The zero-order chi connectivity index (χ0) is 24.0. The molecule has 0 saturated carbocycles. The summed E-state index contributed by atoms with van der Waals surface area (Å²) in [6.45, 7) is 4.95. The second-order valence-corrected chi connectivity index (χ2v) is 10.5. The number of piperazine rings is 1. The molecule has 0 N–H and O–H groups in total. The molecule has 176 valence electrons. The van der Waals surface area contributed by atoms with Crippen LogP contribution in [0.4, 0.5) is 0 Å². The van der Waals surface area contributed by atoms with Crippen molar-refractivity contribution >= 4 is 49.7 Å². The molecule has 0 bridgehead atoms. The first-order valence-electron chi connectivity index (χ1n) is 10.8. The summed E-state index contributed by atoms with van der Waals surface area (Å²) < 4.78 is 37.8. The van der Waals surface area contributed by atoms with E-state index in [0.29, 0.717) is 39.9 Å². The van der Waals surface area contributed by atoms with Crippen molar-refractivity contribution in [2.45, 2.75) is 25.3 Å². The number of hydrogen-bond acceptors (Lipinski definition) is 8. The highest BCUT2D eigenvalue weighted by atomic mass is 32.2. The fourth-order valence-corrected chi connectivity index (χ4v) is 6.44. The van der Waals surface area contributed by atoms with Crippen molar-refractivity contribution in [2.24, 2.45) is 0 Å². The summed E-state index contributed by atoms with van der Waals surface area (Å²) >= 11 is 0.976. The van der Waals surface area contributed by atoms with Gasteiger partial charge >= 0.3 is 0 Å². The number of benzene rings is 2. The van der Waals surface area contributed by atoms with E-state index < -0.39 is 10.0 Å². The van der Waals surface area contributed by atoms with Gasteiger partial charge in [-0.25, -0.2) is 13.4 Å². The van der Waals surface area contributed by atoms with Crippen LogP contribution in [-0.2, 0) is 16.6 Å². The topological polar surface area (TPSA) is 118 Å². The summed E-state index contributed by atoms with van der Waals surface area (Å²) in [4.78, 5) is 31.6. The number of aromatic nitrogens is 4. The highest BCUT2D eigenvalue weighted by Gasteiger charge is 2.32. The smallest absolute Gasteiger partial charge is 0.272 e. The average Bonchev–Trinajstić information content (AvgIpc) is 3.33. The van der Waals surface area contributed by atoms with Gasteiger partial charge in [0.2, 0.25) is 10.0 Å². The Kier molecular flexibility index (Phi) is 5.66. The van der Waals surface area contributed by atoms with E-state index >= 15 is 0 Å². The molecule has 34 heavy (non-hydrogen) atoms. The number of hydrogen-bond donors (Lipinski definition) is 0. The summed E-state index contributed by atoms with van der Waals surface area (Å²) in [7, 11) is -3.76. The molecule has 1 saturated heterocycles. The predicted octanol–water partition coefficient (Wildman–Crippen LogP) is 1.88. The lowest BCUT2D eigenvalue weighted by atomic mass is 10.1. The fraction of sp³-hybridized carbons (Fsp3) is 0.318. The van der Waals surface area contributed by atoms with Crippen molar-refractivity contribution in [1.82, 2.24) is 27.5 Å². The van der Waals surface area contributed by atoms with Crippen LogP contribution in [0.1, 0.15) is 23.0 Å². The van der Waals surface area contributed by atoms with E-state index in [1.54, 1.807) is 46.7 Å². The summed E-state index contributed by atoms with van der Waals surface area (Å²) in [5.41, 5.74) is 2.87. The zero-order valence-corrected chi connectivity index (χ0v) is 20.3. The van der Waals surface area contributed by atoms with Gasteiger partial charge in [0.15, 0.2) is 0 Å². The van der Waals surface area contributed by atoms with Gasteiger partial charge in [0.25, 0.3) is 11.5 Å². The molecule has 1 aliphatic rings. The zero-order valence-electron chi connectivity index (χ0n) is 18.6. The van der Waals surface area contributed by atoms with E-state index in [0.717, 1.165) is 11.7 Å². The first-order valence-corrected chi connectivity index (χ1v) is 13.0. The molecule has 0 aliphatic carbocycles. The summed E-state index contributed by atoms with van der Waals surface area (Å²) in [5, 5.41) is 0. The van der Waals surface area contributed by atoms with E-state index in [1.165, 1.54) is 10.4 Å². The van der Waals surface area contributed by atoms with Gasteiger partial charge in [0.05, 0.1) is 22.8 Å². The number of amides is 1. The van der Waals surface area contributed by atoms with Crippen LogP contribution in [0, 0.1) is 6.92 Å². The van der Waals surface area contributed by atoms with E-state index in [2.05, 4.69) is 13.7 Å². The van der Waals surface area contributed by atoms with E-state index in [4.69, 9.17) is 0 Å². The van der Waals surface area contributed by atoms with Crippen molar-refractivity contribution in [3.63, 3.8) is 0 Å². The maximum absolute atomic E-state index is 13.2. The first-order chi connectivity index (χ1) is 16.3. The van der Waals surface area contributed by atoms with E-state index in [1.807, 2.05) is 6.92 Å². The largest absolute Gasteiger partial charge is 0.336 e. The van der Waals surface area contributed by atoms with Crippen molar-refractivity contribution in [2.75, 3.05) is 26.2 Å². The van der Waals surface area contributed by atoms with Crippen molar-refractivity contribution in [1.29, 1.82) is 0 Å². The lowest BCUT2D eigenvalue weighted by Gasteiger charge is -2.34. The number of carbonyl (C=O) groups is 1. The number of sulfonamides is 1. The monoisotopic (exact) mass is 498 g/mol. The van der Waals surface area contributed by atoms with Gasteiger partial charge in [-0.1, -0.05) is 6.07 Å². The Morgan fingerprint density at radius 2 is 1.82 bits per heavy atom. The molecule has 2 aromatic heterocycles. The molecule has 0 radical (unpaired) electrons. The highest BCUT2D eigenvalue weighted by molar-refractivity contribution is 7.89. The molecule has 5 rings (SSSR count). The molecule has 2 aromatic carbocycles. The Bertz CT molecular complexity index is 1590. The first kappa shape index (κ1) is 22.6. The van der Waals surface area contributed by atoms with Crippen LogP contribution in [0.3, 0.4) is 0 Å². The summed E-state index contributed by atoms with van der Waals surface area (Å²) in [6, 6.07) is 10.0. The molecule has 3 heterocycles. The Balaban J connectivity index is 1.36. The molecule has 1 aliphatic heterocycles. The fourth-order valence-electron chi connectivity index (χ4n) is 4.26. The molecule has 0 atom stereocenters. The Morgan fingerprint density at radius 1 is 1.06 bits per heavy atom. The predicted molar refractivity (Wildman–Crippen MR) is 128 cm³/mol. The normalized spacial score (nSPS) is 15.3. The quantitative estimate of drug-likeness (QED) is 0.421. The van der Waals surface area contributed by atoms with Gasteiger partial charge in [-0.15, -0.1) is 0 Å². The average molecular weight is 499 g/mol. The van der Waals surface area contributed by atoms with Crippen molar-refractivity contribution in [3.8, 4) is 0 Å². The number of rotatable bonds is 4. The number of nitrogens with zero attached hydrogens (tertiary/aromatic N) is 6. The third-order valence-electron chi connectivity index (χ3n) is 6.06. The van der Waals surface area contributed by atoms with Gasteiger partial charge in [-0.2, -0.15) is 13.1 Å². The van der Waals surface area contributed by atoms with E-state index in [9.17, 15) is 18.0 Å². The van der Waals surface area contributed by atoms with Crippen LogP contribution in [0.2, 0.25) is 0 Å². The van der Waals surface area contributed by atoms with Crippen LogP contribution >= 0.6 is 11.7 Å². The Hall–Kier alpha value is -3.22. The minimum atomic E-state index is -3.76. The van der Waals surface area contributed by atoms with Gasteiger partial charge < -0.3 is 9.47 Å². The molecular formula is C22H22N6O4S2. The lowest BCUT2D eigenvalue weighted by molar-refractivity contribution is 0.0698. The molecule has 4 aromatic rings. The molecular weight excluding hydrogens is 476 g/mol. The standard InChI is InChI=1S/C22H22N6O4S2/c1-3-28-18-8-7-15(13-17(18)23-14(2)21(28)29)22(30)26-9-11-27(12-10-26)34(31,32)19-6-4-5-16-20(19)25-33-24-16/h4-8,13H,3,9-12H2,1-2H3. The van der Waals surface area contributed by atoms with Crippen LogP contribution < -0.4 is 5.56 Å². The molecule has 0 unspecified atom stereocenters. The minimum Gasteiger partial charge on any atom is -0.336 e. The lowest BCUT2D eigenvalue weighted by Crippen LogP contribution is -2.50. The molecule has 1 fully saturated rings. The van der Waals surface area contributed by atoms with E-state index in [-0.39, 0.29) is 42.5 Å². The Labute approximate surface area is 199 Å². The van der Waals surface area contributed by atoms with Crippen LogP contribution in [-0.4, -0.2) is 68.0 Å². The Morgan fingerprint density at radius 3 is 2.56 bits per heavy atom. The number of carbonyl (C=O) groups excluding carboxylic acids is 1. The molecule has 12 heteroatoms. The van der Waals surface area contributed by atoms with Crippen molar-refractivity contribution in [3.05, 3.63) is 58.0 Å². The van der Waals surface area contributed by atoms with Crippen LogP contribution in [0.5, 0.6) is 0 Å². The molecule has 1 amide bonds. The van der Waals surface area contributed by atoms with Gasteiger partial charge in [0, 0.05) is 38.3 Å². The third kappa shape index (κ3) is 3.67. The van der Waals surface area contributed by atoms with Gasteiger partial charge in [0.1, 0.15) is 21.6 Å². The van der Waals surface area contributed by atoms with Gasteiger partial charge in [-0.05, 0) is 44.2 Å². The SMILES string of the molecule is CCn1c(=O)c(C)nc2cc(C(=O)N3CCN(S(=O)(=O)c4cccc5nsnc45)CC3)ccc21. The van der Waals surface area contributed by atoms with Crippen LogP contribution in [0.15, 0.2) is 46.1 Å². The third-order valence-corrected chi connectivity index (χ3v) is 8.54. The minimum absolute atomic E-state index is 0.136. The highest BCUT2D eigenvalue weighted by Crippen LogP contribution is 2.25. The maximum atomic E-state index is 13.2. The summed E-state index contributed by atoms with van der Waals surface area (Å²) in [5.74, 6) is -0.196. The number of fused-ring (bicyclic) bond motifs is 2.